The van der Waals surface area contributed by atoms with Crippen LogP contribution in [0.25, 0.3) is 0 Å². The van der Waals surface area contributed by atoms with Crippen LogP contribution in [-0.2, 0) is 6.54 Å². The van der Waals surface area contributed by atoms with E-state index in [2.05, 4.69) is 17.2 Å². The highest BCUT2D eigenvalue weighted by molar-refractivity contribution is 5.92. The summed E-state index contributed by atoms with van der Waals surface area (Å²) in [6.07, 6.45) is 0.971. The Morgan fingerprint density at radius 3 is 2.82 bits per heavy atom. The number of rotatable bonds is 5. The second kappa shape index (κ2) is 6.75. The van der Waals surface area contributed by atoms with Crippen LogP contribution in [0, 0.1) is 0 Å². The van der Waals surface area contributed by atoms with Crippen molar-refractivity contribution >= 4 is 11.6 Å². The summed E-state index contributed by atoms with van der Waals surface area (Å²) in [5, 5.41) is 3.02. The molecule has 0 bridgehead atoms. The molecule has 17 heavy (non-hydrogen) atoms. The summed E-state index contributed by atoms with van der Waals surface area (Å²) in [5.74, 6) is 1.20. The Balaban J connectivity index is 2.78. The zero-order valence-electron chi connectivity index (χ0n) is 10.4. The van der Waals surface area contributed by atoms with Crippen LogP contribution in [0.3, 0.4) is 0 Å². The van der Waals surface area contributed by atoms with Gasteiger partial charge in [-0.05, 0) is 24.6 Å². The van der Waals surface area contributed by atoms with Gasteiger partial charge in [0.05, 0.1) is 7.11 Å². The number of benzene rings is 1. The van der Waals surface area contributed by atoms with E-state index in [1.807, 2.05) is 18.2 Å². The van der Waals surface area contributed by atoms with E-state index < -0.39 is 0 Å². The number of nitrogens with zero attached hydrogens (tertiary/aromatic N) is 1. The molecule has 0 fully saturated rings. The Kier molecular flexibility index (Phi) is 5.29. The minimum atomic E-state index is 0.417. The lowest BCUT2D eigenvalue weighted by molar-refractivity contribution is 0.410. The molecule has 0 saturated heterocycles. The van der Waals surface area contributed by atoms with Crippen LogP contribution in [0.2, 0.25) is 0 Å². The first-order chi connectivity index (χ1) is 8.21. The molecule has 1 aromatic rings. The van der Waals surface area contributed by atoms with Crippen LogP contribution in [-0.4, -0.2) is 19.6 Å². The van der Waals surface area contributed by atoms with Gasteiger partial charge in [0.25, 0.3) is 0 Å². The Hall–Kier alpha value is -1.75. The highest BCUT2D eigenvalue weighted by Gasteiger charge is 2.03. The lowest BCUT2D eigenvalue weighted by Gasteiger charge is -2.10. The van der Waals surface area contributed by atoms with E-state index in [1.165, 1.54) is 0 Å². The van der Waals surface area contributed by atoms with Crippen molar-refractivity contribution in [3.63, 3.8) is 0 Å². The summed E-state index contributed by atoms with van der Waals surface area (Å²) in [6.45, 7) is 3.19. The topological polar surface area (TPSA) is 85.7 Å². The number of nitrogens with two attached hydrogens (primary N) is 2. The molecule has 1 aromatic carbocycles. The molecule has 1 rings (SSSR count). The SMILES string of the molecule is CCCN=C(N)Nc1ccc(OC)c(CN)c1. The molecular weight excluding hydrogens is 216 g/mol. The van der Waals surface area contributed by atoms with Gasteiger partial charge in [-0.3, -0.25) is 4.99 Å². The van der Waals surface area contributed by atoms with E-state index in [0.717, 1.165) is 30.0 Å². The summed E-state index contributed by atoms with van der Waals surface area (Å²) < 4.78 is 5.19. The molecule has 0 aliphatic carbocycles. The van der Waals surface area contributed by atoms with Gasteiger partial charge in [-0.15, -0.1) is 0 Å². The summed E-state index contributed by atoms with van der Waals surface area (Å²) in [7, 11) is 1.62. The number of anilines is 1. The minimum Gasteiger partial charge on any atom is -0.496 e. The maximum Gasteiger partial charge on any atom is 0.193 e. The van der Waals surface area contributed by atoms with Gasteiger partial charge in [0.2, 0.25) is 0 Å². The van der Waals surface area contributed by atoms with Crippen molar-refractivity contribution in [3.05, 3.63) is 23.8 Å². The van der Waals surface area contributed by atoms with Gasteiger partial charge in [-0.1, -0.05) is 6.92 Å². The maximum absolute atomic E-state index is 5.73. The quantitative estimate of drug-likeness (QED) is 0.531. The number of hydrogen-bond donors (Lipinski definition) is 3. The van der Waals surface area contributed by atoms with E-state index in [1.54, 1.807) is 7.11 Å². The third-order valence-corrected chi connectivity index (χ3v) is 2.28. The van der Waals surface area contributed by atoms with Crippen molar-refractivity contribution in [2.24, 2.45) is 16.5 Å². The molecule has 5 heteroatoms. The Morgan fingerprint density at radius 1 is 1.47 bits per heavy atom. The summed E-state index contributed by atoms with van der Waals surface area (Å²) in [6, 6.07) is 5.65. The molecule has 0 aliphatic heterocycles. The number of nitrogens with one attached hydrogen (secondary N) is 1. The number of guanidine groups is 1. The van der Waals surface area contributed by atoms with Gasteiger partial charge in [-0.25, -0.2) is 0 Å². The molecule has 0 spiro atoms. The standard InChI is InChI=1S/C12H20N4O/c1-3-6-15-12(14)16-10-4-5-11(17-2)9(7-10)8-13/h4-5,7H,3,6,8,13H2,1-2H3,(H3,14,15,16). The zero-order chi connectivity index (χ0) is 12.7. The number of ether oxygens (including phenoxy) is 1. The smallest absolute Gasteiger partial charge is 0.193 e. The average molecular weight is 236 g/mol. The Morgan fingerprint density at radius 2 is 2.24 bits per heavy atom. The van der Waals surface area contributed by atoms with Gasteiger partial charge < -0.3 is 21.5 Å². The molecule has 0 saturated carbocycles. The number of methoxy groups -OCH3 is 1. The van der Waals surface area contributed by atoms with Crippen molar-refractivity contribution < 1.29 is 4.74 Å². The van der Waals surface area contributed by atoms with Crippen LogP contribution in [0.1, 0.15) is 18.9 Å². The molecule has 0 radical (unpaired) electrons. The van der Waals surface area contributed by atoms with Crippen LogP contribution in [0.15, 0.2) is 23.2 Å². The third-order valence-electron chi connectivity index (χ3n) is 2.28. The second-order valence-electron chi connectivity index (χ2n) is 3.62. The average Bonchev–Trinajstić information content (AvgIpc) is 2.36. The zero-order valence-corrected chi connectivity index (χ0v) is 10.4. The first kappa shape index (κ1) is 13.3. The molecule has 0 aliphatic rings. The highest BCUT2D eigenvalue weighted by atomic mass is 16.5. The van der Waals surface area contributed by atoms with Gasteiger partial charge in [0.1, 0.15) is 5.75 Å². The monoisotopic (exact) mass is 236 g/mol. The van der Waals surface area contributed by atoms with Gasteiger partial charge in [0.15, 0.2) is 5.96 Å². The van der Waals surface area contributed by atoms with Crippen molar-refractivity contribution in [3.8, 4) is 5.75 Å². The first-order valence-electron chi connectivity index (χ1n) is 5.65. The largest absolute Gasteiger partial charge is 0.496 e. The predicted octanol–water partition coefficient (Wildman–Crippen LogP) is 1.29. The van der Waals surface area contributed by atoms with Gasteiger partial charge >= 0.3 is 0 Å². The fourth-order valence-electron chi connectivity index (χ4n) is 1.44. The van der Waals surface area contributed by atoms with Crippen molar-refractivity contribution in [1.29, 1.82) is 0 Å². The lowest BCUT2D eigenvalue weighted by Crippen LogP contribution is -2.23. The van der Waals surface area contributed by atoms with E-state index in [4.69, 9.17) is 16.2 Å². The number of aliphatic imine (C=N–C) groups is 1. The van der Waals surface area contributed by atoms with E-state index in [9.17, 15) is 0 Å². The minimum absolute atomic E-state index is 0.417. The van der Waals surface area contributed by atoms with E-state index >= 15 is 0 Å². The molecule has 0 unspecified atom stereocenters. The van der Waals surface area contributed by atoms with Crippen LogP contribution < -0.4 is 21.5 Å². The van der Waals surface area contributed by atoms with Gasteiger partial charge in [-0.2, -0.15) is 0 Å². The molecule has 94 valence electrons. The molecule has 0 atom stereocenters. The summed E-state index contributed by atoms with van der Waals surface area (Å²) >= 11 is 0. The molecule has 0 amide bonds. The third kappa shape index (κ3) is 3.96. The van der Waals surface area contributed by atoms with Crippen LogP contribution in [0.4, 0.5) is 5.69 Å². The molecular formula is C12H20N4O. The van der Waals surface area contributed by atoms with Crippen molar-refractivity contribution in [1.82, 2.24) is 0 Å². The number of hydrogen-bond acceptors (Lipinski definition) is 3. The van der Waals surface area contributed by atoms with Crippen molar-refractivity contribution in [2.45, 2.75) is 19.9 Å². The second-order valence-corrected chi connectivity index (χ2v) is 3.62. The van der Waals surface area contributed by atoms with Gasteiger partial charge in [0, 0.05) is 24.3 Å². The maximum atomic E-state index is 5.73. The molecule has 0 heterocycles. The first-order valence-corrected chi connectivity index (χ1v) is 5.65. The lowest BCUT2D eigenvalue weighted by atomic mass is 10.2. The fourth-order valence-corrected chi connectivity index (χ4v) is 1.44. The van der Waals surface area contributed by atoms with Crippen molar-refractivity contribution in [2.75, 3.05) is 19.0 Å². The fraction of sp³-hybridized carbons (Fsp3) is 0.417. The Labute approximate surface area is 102 Å². The van der Waals surface area contributed by atoms with Crippen LogP contribution in [0.5, 0.6) is 5.75 Å². The Bertz CT molecular complexity index is 390. The highest BCUT2D eigenvalue weighted by Crippen LogP contribution is 2.21. The molecule has 0 aromatic heterocycles. The molecule has 5 nitrogen and oxygen atoms in total. The van der Waals surface area contributed by atoms with E-state index in [0.29, 0.717) is 12.5 Å². The van der Waals surface area contributed by atoms with Crippen LogP contribution >= 0.6 is 0 Å². The summed E-state index contributed by atoms with van der Waals surface area (Å²) in [5.41, 5.74) is 13.2. The normalized spacial score (nSPS) is 11.4. The summed E-state index contributed by atoms with van der Waals surface area (Å²) in [4.78, 5) is 4.16. The van der Waals surface area contributed by atoms with E-state index in [-0.39, 0.29) is 0 Å². The predicted molar refractivity (Wildman–Crippen MR) is 71.3 cm³/mol. The molecule has 5 N–H and O–H groups in total.